The van der Waals surface area contributed by atoms with Gasteiger partial charge >= 0.3 is 11.8 Å². The topological polar surface area (TPSA) is 92.5 Å². The molecule has 0 aliphatic heterocycles. The Labute approximate surface area is 130 Å². The van der Waals surface area contributed by atoms with Crippen LogP contribution >= 0.6 is 0 Å². The molecule has 3 amide bonds. The number of nitrogens with one attached hydrogen (secondary N) is 1. The largest absolute Gasteiger partial charge is 0.329 e. The van der Waals surface area contributed by atoms with Crippen LogP contribution in [0.2, 0.25) is 0 Å². The second-order valence-electron chi connectivity index (χ2n) is 5.12. The third-order valence-corrected chi connectivity index (χ3v) is 3.52. The van der Waals surface area contributed by atoms with Crippen LogP contribution in [0, 0.1) is 0 Å². The molecule has 0 spiro atoms. The molecule has 0 aliphatic carbocycles. The lowest BCUT2D eigenvalue weighted by Crippen LogP contribution is -2.44. The summed E-state index contributed by atoms with van der Waals surface area (Å²) in [5, 5.41) is 2.60. The minimum atomic E-state index is -0.892. The van der Waals surface area contributed by atoms with Gasteiger partial charge in [-0.05, 0) is 24.0 Å². The SMILES string of the molecule is CCC(C)c1ccccc1NC(=O)C(=O)N(CCN)C(C)=O. The van der Waals surface area contributed by atoms with Crippen LogP contribution in [0.25, 0.3) is 0 Å². The van der Waals surface area contributed by atoms with E-state index in [9.17, 15) is 14.4 Å². The van der Waals surface area contributed by atoms with Gasteiger partial charge in [0.1, 0.15) is 0 Å². The lowest BCUT2D eigenvalue weighted by atomic mass is 9.97. The van der Waals surface area contributed by atoms with Crippen LogP contribution in [-0.2, 0) is 14.4 Å². The fraction of sp³-hybridized carbons (Fsp3) is 0.438. The van der Waals surface area contributed by atoms with E-state index in [1.54, 1.807) is 12.1 Å². The fourth-order valence-corrected chi connectivity index (χ4v) is 2.09. The highest BCUT2D eigenvalue weighted by Crippen LogP contribution is 2.26. The van der Waals surface area contributed by atoms with E-state index in [2.05, 4.69) is 5.32 Å². The number of amides is 3. The molecule has 120 valence electrons. The van der Waals surface area contributed by atoms with Gasteiger partial charge in [0.15, 0.2) is 0 Å². The Kier molecular flexibility index (Phi) is 6.72. The highest BCUT2D eigenvalue weighted by molar-refractivity contribution is 6.41. The smallest absolute Gasteiger partial charge is 0.318 e. The number of carbonyl (C=O) groups excluding carboxylic acids is 3. The Hall–Kier alpha value is -2.21. The molecule has 22 heavy (non-hydrogen) atoms. The minimum Gasteiger partial charge on any atom is -0.329 e. The van der Waals surface area contributed by atoms with Crippen LogP contribution < -0.4 is 11.1 Å². The Morgan fingerprint density at radius 2 is 1.91 bits per heavy atom. The maximum Gasteiger partial charge on any atom is 0.318 e. The summed E-state index contributed by atoms with van der Waals surface area (Å²) in [7, 11) is 0. The maximum atomic E-state index is 12.1. The summed E-state index contributed by atoms with van der Waals surface area (Å²) >= 11 is 0. The van der Waals surface area contributed by atoms with Crippen molar-refractivity contribution < 1.29 is 14.4 Å². The lowest BCUT2D eigenvalue weighted by molar-refractivity contribution is -0.149. The first-order valence-corrected chi connectivity index (χ1v) is 7.34. The first-order valence-electron chi connectivity index (χ1n) is 7.34. The lowest BCUT2D eigenvalue weighted by Gasteiger charge is -2.19. The van der Waals surface area contributed by atoms with Crippen molar-refractivity contribution in [1.29, 1.82) is 0 Å². The first kappa shape index (κ1) is 17.8. The molecule has 1 rings (SSSR count). The molecule has 1 atom stereocenters. The Morgan fingerprint density at radius 1 is 1.27 bits per heavy atom. The molecule has 0 bridgehead atoms. The van der Waals surface area contributed by atoms with Crippen molar-refractivity contribution in [3.05, 3.63) is 29.8 Å². The third-order valence-electron chi connectivity index (χ3n) is 3.52. The normalized spacial score (nSPS) is 11.6. The summed E-state index contributed by atoms with van der Waals surface area (Å²) < 4.78 is 0. The molecule has 3 N–H and O–H groups in total. The Bertz CT molecular complexity index is 557. The number of imide groups is 1. The number of benzene rings is 1. The number of anilines is 1. The number of nitrogens with two attached hydrogens (primary N) is 1. The van der Waals surface area contributed by atoms with Crippen LogP contribution in [0.1, 0.15) is 38.7 Å². The monoisotopic (exact) mass is 305 g/mol. The van der Waals surface area contributed by atoms with E-state index in [0.29, 0.717) is 5.69 Å². The molecule has 0 heterocycles. The quantitative estimate of drug-likeness (QED) is 0.806. The predicted molar refractivity (Wildman–Crippen MR) is 85.2 cm³/mol. The van der Waals surface area contributed by atoms with Crippen molar-refractivity contribution in [3.8, 4) is 0 Å². The molecule has 0 saturated heterocycles. The van der Waals surface area contributed by atoms with Gasteiger partial charge in [-0.3, -0.25) is 19.3 Å². The Morgan fingerprint density at radius 3 is 2.45 bits per heavy atom. The number of hydrogen-bond donors (Lipinski definition) is 2. The van der Waals surface area contributed by atoms with Crippen molar-refractivity contribution in [2.45, 2.75) is 33.1 Å². The molecule has 1 aromatic carbocycles. The van der Waals surface area contributed by atoms with Crippen LogP contribution in [0.4, 0.5) is 5.69 Å². The van der Waals surface area contributed by atoms with Gasteiger partial charge < -0.3 is 11.1 Å². The van der Waals surface area contributed by atoms with Crippen molar-refractivity contribution in [2.75, 3.05) is 18.4 Å². The number of nitrogens with zero attached hydrogens (tertiary/aromatic N) is 1. The first-order chi connectivity index (χ1) is 10.4. The standard InChI is InChI=1S/C16H23N3O3/c1-4-11(2)13-7-5-6-8-14(13)18-15(21)16(22)19(10-9-17)12(3)20/h5-8,11H,4,9-10,17H2,1-3H3,(H,18,21). The third kappa shape index (κ3) is 4.39. The van der Waals surface area contributed by atoms with Crippen molar-refractivity contribution in [2.24, 2.45) is 5.73 Å². The van der Waals surface area contributed by atoms with Gasteiger partial charge in [0.05, 0.1) is 0 Å². The molecule has 0 aromatic heterocycles. The molecule has 0 fully saturated rings. The molecule has 6 nitrogen and oxygen atoms in total. The van der Waals surface area contributed by atoms with Crippen LogP contribution in [0.15, 0.2) is 24.3 Å². The maximum absolute atomic E-state index is 12.1. The number of hydrogen-bond acceptors (Lipinski definition) is 4. The van der Waals surface area contributed by atoms with E-state index < -0.39 is 17.7 Å². The number of para-hydroxylation sites is 1. The summed E-state index contributed by atoms with van der Waals surface area (Å²) in [6.07, 6.45) is 0.910. The highest BCUT2D eigenvalue weighted by atomic mass is 16.2. The predicted octanol–water partition coefficient (Wildman–Crippen LogP) is 1.47. The average molecular weight is 305 g/mol. The highest BCUT2D eigenvalue weighted by Gasteiger charge is 2.25. The molecular weight excluding hydrogens is 282 g/mol. The summed E-state index contributed by atoms with van der Waals surface area (Å²) in [6, 6.07) is 7.33. The van der Waals surface area contributed by atoms with Crippen LogP contribution in [0.3, 0.4) is 0 Å². The van der Waals surface area contributed by atoms with Crippen LogP contribution in [-0.4, -0.2) is 35.7 Å². The van der Waals surface area contributed by atoms with Crippen molar-refractivity contribution >= 4 is 23.4 Å². The van der Waals surface area contributed by atoms with E-state index in [0.717, 1.165) is 16.9 Å². The van der Waals surface area contributed by atoms with Crippen LogP contribution in [0.5, 0.6) is 0 Å². The van der Waals surface area contributed by atoms with Gasteiger partial charge in [0, 0.05) is 25.7 Å². The molecular formula is C16H23N3O3. The zero-order valence-corrected chi connectivity index (χ0v) is 13.3. The van der Waals surface area contributed by atoms with Gasteiger partial charge in [-0.25, -0.2) is 0 Å². The summed E-state index contributed by atoms with van der Waals surface area (Å²) in [4.78, 5) is 36.4. The van der Waals surface area contributed by atoms with E-state index in [1.165, 1.54) is 6.92 Å². The average Bonchev–Trinajstić information content (AvgIpc) is 2.51. The zero-order chi connectivity index (χ0) is 16.7. The van der Waals surface area contributed by atoms with E-state index >= 15 is 0 Å². The van der Waals surface area contributed by atoms with Crippen molar-refractivity contribution in [3.63, 3.8) is 0 Å². The number of rotatable bonds is 5. The summed E-state index contributed by atoms with van der Waals surface area (Å²) in [6.45, 7) is 5.46. The second kappa shape index (κ2) is 8.29. The molecule has 0 aliphatic rings. The van der Waals surface area contributed by atoms with E-state index in [4.69, 9.17) is 5.73 Å². The minimum absolute atomic E-state index is 0.0224. The second-order valence-corrected chi connectivity index (χ2v) is 5.12. The molecule has 0 saturated carbocycles. The Balaban J connectivity index is 2.93. The van der Waals surface area contributed by atoms with E-state index in [-0.39, 0.29) is 19.0 Å². The summed E-state index contributed by atoms with van der Waals surface area (Å²) in [5.74, 6) is -1.98. The van der Waals surface area contributed by atoms with Gasteiger partial charge in [0.25, 0.3) is 0 Å². The zero-order valence-electron chi connectivity index (χ0n) is 13.3. The molecule has 6 heteroatoms. The molecule has 0 radical (unpaired) electrons. The molecule has 1 aromatic rings. The van der Waals surface area contributed by atoms with Gasteiger partial charge in [-0.2, -0.15) is 0 Å². The van der Waals surface area contributed by atoms with Gasteiger partial charge in [-0.15, -0.1) is 0 Å². The van der Waals surface area contributed by atoms with E-state index in [1.807, 2.05) is 26.0 Å². The van der Waals surface area contributed by atoms with Gasteiger partial charge in [-0.1, -0.05) is 32.0 Å². The fourth-order valence-electron chi connectivity index (χ4n) is 2.09. The molecule has 1 unspecified atom stereocenters. The number of carbonyl (C=O) groups is 3. The van der Waals surface area contributed by atoms with Crippen molar-refractivity contribution in [1.82, 2.24) is 4.90 Å². The summed E-state index contributed by atoms with van der Waals surface area (Å²) in [5.41, 5.74) is 6.91. The van der Waals surface area contributed by atoms with Gasteiger partial charge in [0.2, 0.25) is 5.91 Å².